The Labute approximate surface area is 434 Å². The molecule has 0 saturated carbocycles. The molecule has 11 atom stereocenters. The number of aliphatic hydroxyl groups is 7. The number of carbonyl (C=O) groups is 2. The molecule has 2 heterocycles. The van der Waals surface area contributed by atoms with Gasteiger partial charge < -0.3 is 64.2 Å². The molecule has 0 amide bonds. The lowest BCUT2D eigenvalue weighted by molar-refractivity contribution is -0.332. The van der Waals surface area contributed by atoms with E-state index < -0.39 is 92.7 Å². The van der Waals surface area contributed by atoms with E-state index in [4.69, 9.17) is 28.4 Å². The monoisotopic (exact) mass is 1030 g/mol. The van der Waals surface area contributed by atoms with Gasteiger partial charge in [0, 0.05) is 12.8 Å². The van der Waals surface area contributed by atoms with Crippen molar-refractivity contribution in [2.24, 2.45) is 0 Å². The minimum Gasteiger partial charge on any atom is -0.462 e. The Balaban J connectivity index is 1.73. The summed E-state index contributed by atoms with van der Waals surface area (Å²) < 4.78 is 33.6. The Morgan fingerprint density at radius 3 is 1.36 bits per heavy atom. The van der Waals surface area contributed by atoms with Gasteiger partial charge in [-0.3, -0.25) is 9.59 Å². The van der Waals surface area contributed by atoms with Crippen LogP contribution in [-0.4, -0.2) is 142 Å². The molecule has 0 bridgehead atoms. The molecule has 420 valence electrons. The first-order chi connectivity index (χ1) is 35.0. The number of hydrogen-bond donors (Lipinski definition) is 7. The van der Waals surface area contributed by atoms with E-state index in [1.165, 1.54) is 109 Å². The predicted octanol–water partition coefficient (Wildman–Crippen LogP) is 9.27. The van der Waals surface area contributed by atoms with Crippen LogP contribution in [0.15, 0.2) is 36.5 Å². The fourth-order valence-electron chi connectivity index (χ4n) is 8.90. The van der Waals surface area contributed by atoms with Gasteiger partial charge >= 0.3 is 11.9 Å². The van der Waals surface area contributed by atoms with Crippen LogP contribution in [0.2, 0.25) is 0 Å². The molecule has 2 aliphatic rings. The summed E-state index contributed by atoms with van der Waals surface area (Å²) in [7, 11) is 0. The zero-order chi connectivity index (χ0) is 52.4. The molecular formula is C57H102O15. The van der Waals surface area contributed by atoms with Crippen molar-refractivity contribution in [2.75, 3.05) is 26.4 Å². The Bertz CT molecular complexity index is 1390. The fraction of sp³-hybridized carbons (Fsp3) is 0.860. The Morgan fingerprint density at radius 1 is 0.444 bits per heavy atom. The largest absolute Gasteiger partial charge is 0.462 e. The lowest BCUT2D eigenvalue weighted by Crippen LogP contribution is -2.61. The average Bonchev–Trinajstić information content (AvgIpc) is 3.37. The van der Waals surface area contributed by atoms with E-state index in [1.807, 2.05) is 0 Å². The molecule has 2 aliphatic heterocycles. The molecule has 7 N–H and O–H groups in total. The maximum atomic E-state index is 13.0. The third-order valence-electron chi connectivity index (χ3n) is 13.6. The molecule has 0 aromatic heterocycles. The first kappa shape index (κ1) is 65.8. The maximum absolute atomic E-state index is 13.0. The van der Waals surface area contributed by atoms with Crippen molar-refractivity contribution in [3.05, 3.63) is 36.5 Å². The van der Waals surface area contributed by atoms with Gasteiger partial charge in [-0.15, -0.1) is 0 Å². The number of ether oxygens (including phenoxy) is 6. The summed E-state index contributed by atoms with van der Waals surface area (Å²) in [6.07, 6.45) is 31.8. The van der Waals surface area contributed by atoms with Crippen LogP contribution in [0.1, 0.15) is 219 Å². The van der Waals surface area contributed by atoms with Gasteiger partial charge in [0.2, 0.25) is 0 Å². The zero-order valence-electron chi connectivity index (χ0n) is 44.7. The van der Waals surface area contributed by atoms with Crippen molar-refractivity contribution >= 4 is 11.9 Å². The van der Waals surface area contributed by atoms with Crippen molar-refractivity contribution < 1.29 is 73.8 Å². The van der Waals surface area contributed by atoms with Crippen LogP contribution in [-0.2, 0) is 38.0 Å². The molecule has 0 radical (unpaired) electrons. The Kier molecular flexibility index (Phi) is 40.1. The van der Waals surface area contributed by atoms with Crippen molar-refractivity contribution in [1.82, 2.24) is 0 Å². The van der Waals surface area contributed by atoms with Crippen LogP contribution in [0.4, 0.5) is 0 Å². The summed E-state index contributed by atoms with van der Waals surface area (Å²) >= 11 is 0. The number of esters is 2. The molecule has 0 aromatic rings. The standard InChI is InChI=1S/C57H102O15/c1-3-5-7-9-11-13-15-17-18-19-20-21-22-23-24-25-26-28-29-31-33-35-37-39-48(59)67-42-45(70-49(60)40-38-36-34-32-30-27-16-14-12-10-8-6-4-2)43-68-56-55(66)53(64)51(62)47(72-56)44-69-57-54(65)52(63)50(61)46(41-58)71-57/h8,10,14,16,19-20,45-47,50-58,61-66H,3-7,9,11-13,15,17-18,21-44H2,1-2H3/b10-8-,16-14-,20-19-. The van der Waals surface area contributed by atoms with Crippen LogP contribution >= 0.6 is 0 Å². The SMILES string of the molecule is CCC/C=C\C/C=C\CCCCCCCC(=O)OC(COC(=O)CCCCCCCCCCCCC/C=C\CCCCCCCCCC)COC1OC(COC2OC(CO)C(O)C(O)C2O)C(O)C(O)C1O. The van der Waals surface area contributed by atoms with Gasteiger partial charge in [-0.1, -0.05) is 179 Å². The highest BCUT2D eigenvalue weighted by Crippen LogP contribution is 2.27. The molecule has 2 rings (SSSR count). The van der Waals surface area contributed by atoms with Gasteiger partial charge in [-0.2, -0.15) is 0 Å². The van der Waals surface area contributed by atoms with Crippen LogP contribution in [0.5, 0.6) is 0 Å². The Hall–Kier alpha value is -2.28. The van der Waals surface area contributed by atoms with Crippen molar-refractivity contribution in [2.45, 2.75) is 287 Å². The minimum absolute atomic E-state index is 0.149. The van der Waals surface area contributed by atoms with E-state index in [2.05, 4.69) is 50.3 Å². The highest BCUT2D eigenvalue weighted by atomic mass is 16.7. The highest BCUT2D eigenvalue weighted by Gasteiger charge is 2.47. The second-order valence-corrected chi connectivity index (χ2v) is 20.1. The lowest BCUT2D eigenvalue weighted by atomic mass is 9.98. The van der Waals surface area contributed by atoms with Crippen molar-refractivity contribution in [3.8, 4) is 0 Å². The minimum atomic E-state index is -1.77. The summed E-state index contributed by atoms with van der Waals surface area (Å²) in [6.45, 7) is 2.53. The molecule has 0 spiro atoms. The Morgan fingerprint density at radius 2 is 0.861 bits per heavy atom. The van der Waals surface area contributed by atoms with Gasteiger partial charge in [-0.25, -0.2) is 0 Å². The summed E-state index contributed by atoms with van der Waals surface area (Å²) in [5.74, 6) is -0.937. The molecule has 0 aromatic carbocycles. The third kappa shape index (κ3) is 30.9. The topological polar surface area (TPSA) is 231 Å². The van der Waals surface area contributed by atoms with E-state index in [0.717, 1.165) is 70.6 Å². The van der Waals surface area contributed by atoms with Crippen LogP contribution in [0.3, 0.4) is 0 Å². The predicted molar refractivity (Wildman–Crippen MR) is 280 cm³/mol. The smallest absolute Gasteiger partial charge is 0.306 e. The number of unbranched alkanes of at least 4 members (excludes halogenated alkanes) is 25. The molecule has 2 saturated heterocycles. The van der Waals surface area contributed by atoms with Crippen molar-refractivity contribution in [3.63, 3.8) is 0 Å². The maximum Gasteiger partial charge on any atom is 0.306 e. The lowest BCUT2D eigenvalue weighted by Gasteiger charge is -2.42. The molecule has 11 unspecified atom stereocenters. The highest BCUT2D eigenvalue weighted by molar-refractivity contribution is 5.70. The average molecular weight is 1030 g/mol. The van der Waals surface area contributed by atoms with E-state index in [0.29, 0.717) is 12.8 Å². The number of aliphatic hydroxyl groups excluding tert-OH is 7. The van der Waals surface area contributed by atoms with E-state index in [1.54, 1.807) is 0 Å². The molecule has 2 fully saturated rings. The van der Waals surface area contributed by atoms with Gasteiger partial charge in [-0.05, 0) is 64.2 Å². The van der Waals surface area contributed by atoms with E-state index in [9.17, 15) is 45.3 Å². The van der Waals surface area contributed by atoms with Gasteiger partial charge in [0.1, 0.15) is 55.4 Å². The van der Waals surface area contributed by atoms with Crippen LogP contribution < -0.4 is 0 Å². The first-order valence-corrected chi connectivity index (χ1v) is 28.6. The molecule has 72 heavy (non-hydrogen) atoms. The number of rotatable bonds is 45. The van der Waals surface area contributed by atoms with Crippen LogP contribution in [0, 0.1) is 0 Å². The van der Waals surface area contributed by atoms with Crippen LogP contribution in [0.25, 0.3) is 0 Å². The first-order valence-electron chi connectivity index (χ1n) is 28.6. The third-order valence-corrected chi connectivity index (χ3v) is 13.6. The summed E-state index contributed by atoms with van der Waals surface area (Å²) in [5, 5.41) is 72.2. The molecule has 15 nitrogen and oxygen atoms in total. The zero-order valence-corrected chi connectivity index (χ0v) is 44.7. The fourth-order valence-corrected chi connectivity index (χ4v) is 8.90. The summed E-state index contributed by atoms with van der Waals surface area (Å²) in [6, 6.07) is 0. The number of allylic oxidation sites excluding steroid dienone is 6. The summed E-state index contributed by atoms with van der Waals surface area (Å²) in [5.41, 5.74) is 0. The number of hydrogen-bond acceptors (Lipinski definition) is 15. The van der Waals surface area contributed by atoms with Crippen molar-refractivity contribution in [1.29, 1.82) is 0 Å². The van der Waals surface area contributed by atoms with Gasteiger partial charge in [0.15, 0.2) is 18.7 Å². The molecule has 0 aliphatic carbocycles. The number of carbonyl (C=O) groups excluding carboxylic acids is 2. The second kappa shape index (κ2) is 43.9. The second-order valence-electron chi connectivity index (χ2n) is 20.1. The van der Waals surface area contributed by atoms with Gasteiger partial charge in [0.25, 0.3) is 0 Å². The van der Waals surface area contributed by atoms with E-state index in [-0.39, 0.29) is 26.1 Å². The van der Waals surface area contributed by atoms with Gasteiger partial charge in [0.05, 0.1) is 19.8 Å². The summed E-state index contributed by atoms with van der Waals surface area (Å²) in [4.78, 5) is 25.8. The molecule has 15 heteroatoms. The van der Waals surface area contributed by atoms with E-state index >= 15 is 0 Å². The normalized spacial score (nSPS) is 25.2. The quantitative estimate of drug-likeness (QED) is 0.0171. The molecular weight excluding hydrogens is 925 g/mol.